The third kappa shape index (κ3) is 7.84. The fourth-order valence-electron chi connectivity index (χ4n) is 2.99. The van der Waals surface area contributed by atoms with Gasteiger partial charge in [0, 0.05) is 17.6 Å². The summed E-state index contributed by atoms with van der Waals surface area (Å²) in [6.45, 7) is 0. The summed E-state index contributed by atoms with van der Waals surface area (Å²) in [5.41, 5.74) is 2.86. The first-order valence-electron chi connectivity index (χ1n) is 9.79. The van der Waals surface area contributed by atoms with Crippen LogP contribution in [-0.2, 0) is 9.59 Å². The van der Waals surface area contributed by atoms with Gasteiger partial charge in [-0.3, -0.25) is 24.1 Å². The molecular weight excluding hydrogens is 438 g/mol. The number of hydrogen-bond acceptors (Lipinski definition) is 5. The molecule has 164 valence electrons. The molecule has 6 nitrogen and oxygen atoms in total. The Hall–Kier alpha value is -2.64. The number of imide groups is 1. The van der Waals surface area contributed by atoms with Crippen LogP contribution in [0.15, 0.2) is 48.5 Å². The van der Waals surface area contributed by atoms with Gasteiger partial charge >= 0.3 is 5.97 Å². The van der Waals surface area contributed by atoms with Crippen LogP contribution in [0.1, 0.15) is 36.0 Å². The van der Waals surface area contributed by atoms with Crippen LogP contribution in [0.5, 0.6) is 0 Å². The molecule has 0 unspecified atom stereocenters. The summed E-state index contributed by atoms with van der Waals surface area (Å²) < 4.78 is 0. The molecule has 0 bridgehead atoms. The number of nitrogens with zero attached hydrogens (tertiary/aromatic N) is 1. The Balaban J connectivity index is 0.000000181. The average molecular weight is 462 g/mol. The predicted molar refractivity (Wildman–Crippen MR) is 122 cm³/mol. The lowest BCUT2D eigenvalue weighted by atomic mass is 10.0. The quantitative estimate of drug-likeness (QED) is 0.616. The summed E-state index contributed by atoms with van der Waals surface area (Å²) in [7, 11) is 1.49. The Bertz CT molecular complexity index is 893. The number of aldehydes is 1. The summed E-state index contributed by atoms with van der Waals surface area (Å²) in [5.74, 6) is -0.410. The highest BCUT2D eigenvalue weighted by atomic mass is 35.5. The molecule has 1 saturated heterocycles. The van der Waals surface area contributed by atoms with Crippen molar-refractivity contribution in [1.29, 1.82) is 0 Å². The Morgan fingerprint density at radius 2 is 1.55 bits per heavy atom. The van der Waals surface area contributed by atoms with E-state index in [0.29, 0.717) is 11.3 Å². The molecule has 2 aliphatic rings. The molecule has 0 aromatic heterocycles. The second-order valence-electron chi connectivity index (χ2n) is 7.07. The maximum absolute atomic E-state index is 10.5. The molecule has 2 fully saturated rings. The fourth-order valence-corrected chi connectivity index (χ4v) is 3.85. The van der Waals surface area contributed by atoms with Crippen molar-refractivity contribution in [2.45, 2.75) is 25.7 Å². The SMILES string of the molecule is CN1C(=O)CSC1=O.O=C(O)C1CCCC1.O=Cc1ccc(-c2ccc(Cl)cc2)cc1. The number of carboxylic acid groups (broad SMARTS) is 1. The molecule has 1 aliphatic heterocycles. The zero-order valence-electron chi connectivity index (χ0n) is 17.1. The lowest BCUT2D eigenvalue weighted by Gasteiger charge is -2.01. The summed E-state index contributed by atoms with van der Waals surface area (Å²) in [6, 6.07) is 15.1. The molecule has 1 saturated carbocycles. The van der Waals surface area contributed by atoms with Crippen molar-refractivity contribution in [3.8, 4) is 11.1 Å². The number of carbonyl (C=O) groups is 4. The molecule has 0 radical (unpaired) electrons. The highest BCUT2D eigenvalue weighted by Gasteiger charge is 2.25. The van der Waals surface area contributed by atoms with Crippen LogP contribution < -0.4 is 0 Å². The van der Waals surface area contributed by atoms with E-state index in [-0.39, 0.29) is 17.1 Å². The molecule has 0 spiro atoms. The molecule has 8 heteroatoms. The van der Waals surface area contributed by atoms with Crippen molar-refractivity contribution in [2.75, 3.05) is 12.8 Å². The average Bonchev–Trinajstić information content (AvgIpc) is 3.42. The molecule has 4 rings (SSSR count). The van der Waals surface area contributed by atoms with Gasteiger partial charge in [0.1, 0.15) is 6.29 Å². The van der Waals surface area contributed by atoms with Crippen molar-refractivity contribution >= 4 is 46.8 Å². The molecule has 0 atom stereocenters. The first-order chi connectivity index (χ1) is 14.8. The molecule has 2 amide bonds. The standard InChI is InChI=1S/C13H9ClO.C6H10O2.C4H5NO2S/c14-13-7-5-12(6-8-13)11-3-1-10(9-15)2-4-11;7-6(8)5-3-1-2-4-5;1-5-3(6)2-8-4(5)7/h1-9H;5H,1-4H2,(H,7,8);2H2,1H3. The van der Waals surface area contributed by atoms with Gasteiger partial charge in [-0.05, 0) is 36.1 Å². The number of thioether (sulfide) groups is 1. The van der Waals surface area contributed by atoms with Gasteiger partial charge in [0.25, 0.3) is 5.24 Å². The van der Waals surface area contributed by atoms with Crippen molar-refractivity contribution in [2.24, 2.45) is 5.92 Å². The predicted octanol–water partition coefficient (Wildman–Crippen LogP) is 5.39. The van der Waals surface area contributed by atoms with Gasteiger partial charge in [0.15, 0.2) is 0 Å². The number of rotatable bonds is 3. The van der Waals surface area contributed by atoms with Gasteiger partial charge in [-0.15, -0.1) is 0 Å². The monoisotopic (exact) mass is 461 g/mol. The summed E-state index contributed by atoms with van der Waals surface area (Å²) >= 11 is 6.85. The second-order valence-corrected chi connectivity index (χ2v) is 8.44. The lowest BCUT2D eigenvalue weighted by Crippen LogP contribution is -2.22. The van der Waals surface area contributed by atoms with E-state index in [1.54, 1.807) is 12.1 Å². The van der Waals surface area contributed by atoms with E-state index >= 15 is 0 Å². The maximum Gasteiger partial charge on any atom is 0.306 e. The first-order valence-corrected chi connectivity index (χ1v) is 11.2. The Labute approximate surface area is 190 Å². The number of benzene rings is 2. The van der Waals surface area contributed by atoms with Gasteiger partial charge < -0.3 is 5.11 Å². The van der Waals surface area contributed by atoms with Gasteiger partial charge in [-0.25, -0.2) is 0 Å². The van der Waals surface area contributed by atoms with E-state index in [9.17, 15) is 19.2 Å². The van der Waals surface area contributed by atoms with Gasteiger partial charge in [-0.1, -0.05) is 72.6 Å². The normalized spacial score (nSPS) is 15.6. The van der Waals surface area contributed by atoms with Crippen LogP contribution in [0.2, 0.25) is 5.02 Å². The summed E-state index contributed by atoms with van der Waals surface area (Å²) in [5, 5.41) is 8.99. The number of carboxylic acids is 1. The topological polar surface area (TPSA) is 91.8 Å². The van der Waals surface area contributed by atoms with E-state index in [0.717, 1.165) is 64.8 Å². The van der Waals surface area contributed by atoms with E-state index in [2.05, 4.69) is 0 Å². The Morgan fingerprint density at radius 3 is 1.87 bits per heavy atom. The van der Waals surface area contributed by atoms with E-state index in [1.807, 2.05) is 36.4 Å². The Kier molecular flexibility index (Phi) is 9.75. The highest BCUT2D eigenvalue weighted by Crippen LogP contribution is 2.24. The zero-order chi connectivity index (χ0) is 22.8. The molecule has 1 heterocycles. The van der Waals surface area contributed by atoms with Crippen molar-refractivity contribution in [3.05, 3.63) is 59.1 Å². The zero-order valence-corrected chi connectivity index (χ0v) is 18.7. The van der Waals surface area contributed by atoms with Crippen molar-refractivity contribution < 1.29 is 24.3 Å². The molecule has 1 N–H and O–H groups in total. The number of amides is 2. The van der Waals surface area contributed by atoms with E-state index < -0.39 is 5.97 Å². The van der Waals surface area contributed by atoms with Crippen LogP contribution in [-0.4, -0.2) is 46.2 Å². The largest absolute Gasteiger partial charge is 0.481 e. The minimum Gasteiger partial charge on any atom is -0.481 e. The van der Waals surface area contributed by atoms with E-state index in [4.69, 9.17) is 16.7 Å². The van der Waals surface area contributed by atoms with Crippen molar-refractivity contribution in [3.63, 3.8) is 0 Å². The summed E-state index contributed by atoms with van der Waals surface area (Å²) in [6.07, 6.45) is 4.85. The van der Waals surface area contributed by atoms with Crippen LogP contribution in [0, 0.1) is 5.92 Å². The van der Waals surface area contributed by atoms with Crippen LogP contribution >= 0.6 is 23.4 Å². The molecule has 31 heavy (non-hydrogen) atoms. The molecule has 2 aromatic carbocycles. The van der Waals surface area contributed by atoms with Gasteiger partial charge in [0.2, 0.25) is 5.91 Å². The van der Waals surface area contributed by atoms with Gasteiger partial charge in [0.05, 0.1) is 11.7 Å². The molecular formula is C23H24ClNO5S. The highest BCUT2D eigenvalue weighted by molar-refractivity contribution is 8.14. The maximum atomic E-state index is 10.5. The number of hydrogen-bond donors (Lipinski definition) is 1. The van der Waals surface area contributed by atoms with Crippen LogP contribution in [0.3, 0.4) is 0 Å². The number of halogens is 1. The van der Waals surface area contributed by atoms with Crippen molar-refractivity contribution in [1.82, 2.24) is 4.90 Å². The third-order valence-corrected chi connectivity index (χ3v) is 6.06. The fraction of sp³-hybridized carbons (Fsp3) is 0.304. The first kappa shape index (κ1) is 24.6. The third-order valence-electron chi connectivity index (χ3n) is 4.90. The summed E-state index contributed by atoms with van der Waals surface area (Å²) in [4.78, 5) is 42.7. The Morgan fingerprint density at radius 1 is 1.03 bits per heavy atom. The lowest BCUT2D eigenvalue weighted by molar-refractivity contribution is -0.141. The second kappa shape index (κ2) is 12.3. The van der Waals surface area contributed by atoms with E-state index in [1.165, 1.54) is 7.05 Å². The smallest absolute Gasteiger partial charge is 0.306 e. The van der Waals surface area contributed by atoms with Crippen LogP contribution in [0.25, 0.3) is 11.1 Å². The number of aliphatic carboxylic acids is 1. The number of carbonyl (C=O) groups excluding carboxylic acids is 3. The van der Waals surface area contributed by atoms with Crippen LogP contribution in [0.4, 0.5) is 4.79 Å². The molecule has 1 aliphatic carbocycles. The van der Waals surface area contributed by atoms with Gasteiger partial charge in [-0.2, -0.15) is 0 Å². The molecule has 2 aromatic rings. The minimum atomic E-state index is -0.609. The minimum absolute atomic E-state index is 0.0185.